The lowest BCUT2D eigenvalue weighted by atomic mass is 9.71. The summed E-state index contributed by atoms with van der Waals surface area (Å²) in [6.07, 6.45) is 16.5. The van der Waals surface area contributed by atoms with Crippen LogP contribution in [0.1, 0.15) is 99.0 Å². The van der Waals surface area contributed by atoms with Gasteiger partial charge in [-0.1, -0.05) is 57.1 Å². The molecular formula is C26H38N2O4S. The van der Waals surface area contributed by atoms with Crippen LogP contribution in [-0.4, -0.2) is 40.7 Å². The summed E-state index contributed by atoms with van der Waals surface area (Å²) < 4.78 is 6.15. The topological polar surface area (TPSA) is 88.5 Å². The third-order valence-corrected chi connectivity index (χ3v) is 8.77. The largest absolute Gasteiger partial charge is 0.481 e. The third-order valence-electron chi connectivity index (χ3n) is 7.83. The van der Waals surface area contributed by atoms with E-state index in [1.54, 1.807) is 0 Å². The van der Waals surface area contributed by atoms with Crippen LogP contribution >= 0.6 is 11.3 Å². The number of hydrogen-bond acceptors (Lipinski definition) is 5. The van der Waals surface area contributed by atoms with Gasteiger partial charge in [0.2, 0.25) is 0 Å². The van der Waals surface area contributed by atoms with Gasteiger partial charge in [0.15, 0.2) is 0 Å². The molecular weight excluding hydrogens is 436 g/mol. The number of carbonyl (C=O) groups is 2. The molecule has 1 saturated carbocycles. The molecule has 1 aliphatic carbocycles. The SMILES string of the molecule is CC=CCC(C(=O)O)C1C2CCC(O2)C1c1nc(C(=O)NCCCCC2CCCCC2)cs1. The van der Waals surface area contributed by atoms with E-state index in [1.165, 1.54) is 56.3 Å². The number of carbonyl (C=O) groups excluding carboxylic acids is 1. The second-order valence-electron chi connectivity index (χ2n) is 9.97. The van der Waals surface area contributed by atoms with Crippen molar-refractivity contribution in [2.75, 3.05) is 6.54 Å². The lowest BCUT2D eigenvalue weighted by molar-refractivity contribution is -0.144. The number of fused-ring (bicyclic) bond motifs is 2. The van der Waals surface area contributed by atoms with Crippen LogP contribution in [0.25, 0.3) is 0 Å². The molecule has 0 radical (unpaired) electrons. The highest BCUT2D eigenvalue weighted by Crippen LogP contribution is 2.53. The quantitative estimate of drug-likeness (QED) is 0.324. The van der Waals surface area contributed by atoms with E-state index in [4.69, 9.17) is 4.74 Å². The molecule has 0 spiro atoms. The summed E-state index contributed by atoms with van der Waals surface area (Å²) in [7, 11) is 0. The van der Waals surface area contributed by atoms with Gasteiger partial charge in [0.25, 0.3) is 5.91 Å². The van der Waals surface area contributed by atoms with E-state index in [-0.39, 0.29) is 30.0 Å². The predicted molar refractivity (Wildman–Crippen MR) is 130 cm³/mol. The summed E-state index contributed by atoms with van der Waals surface area (Å²) >= 11 is 1.47. The Morgan fingerprint density at radius 2 is 2.00 bits per heavy atom. The fraction of sp³-hybridized carbons (Fsp3) is 0.731. The van der Waals surface area contributed by atoms with Crippen LogP contribution in [0.3, 0.4) is 0 Å². The van der Waals surface area contributed by atoms with Crippen molar-refractivity contribution >= 4 is 23.2 Å². The lowest BCUT2D eigenvalue weighted by Gasteiger charge is -2.30. The molecule has 33 heavy (non-hydrogen) atoms. The van der Waals surface area contributed by atoms with Gasteiger partial charge in [-0.2, -0.15) is 0 Å². The van der Waals surface area contributed by atoms with Crippen molar-refractivity contribution in [1.29, 1.82) is 0 Å². The summed E-state index contributed by atoms with van der Waals surface area (Å²) in [6.45, 7) is 2.60. The molecule has 4 rings (SSSR count). The van der Waals surface area contributed by atoms with Crippen LogP contribution in [0.2, 0.25) is 0 Å². The zero-order valence-corrected chi connectivity index (χ0v) is 20.5. The number of hydrogen-bond donors (Lipinski definition) is 2. The number of unbranched alkanes of at least 4 members (excludes halogenated alkanes) is 1. The average Bonchev–Trinajstić information content (AvgIpc) is 3.56. The number of ether oxygens (including phenoxy) is 1. The van der Waals surface area contributed by atoms with Gasteiger partial charge < -0.3 is 15.2 Å². The fourth-order valence-electron chi connectivity index (χ4n) is 6.13. The monoisotopic (exact) mass is 474 g/mol. The summed E-state index contributed by atoms with van der Waals surface area (Å²) in [5.74, 6) is -0.653. The van der Waals surface area contributed by atoms with E-state index < -0.39 is 11.9 Å². The van der Waals surface area contributed by atoms with Crippen LogP contribution < -0.4 is 5.32 Å². The summed E-state index contributed by atoms with van der Waals surface area (Å²) in [4.78, 5) is 29.4. The first-order valence-electron chi connectivity index (χ1n) is 12.8. The molecule has 3 fully saturated rings. The molecule has 6 nitrogen and oxygen atoms in total. The van der Waals surface area contributed by atoms with Gasteiger partial charge >= 0.3 is 5.97 Å². The molecule has 182 valence electrons. The molecule has 0 aromatic carbocycles. The van der Waals surface area contributed by atoms with E-state index in [2.05, 4.69) is 10.3 Å². The van der Waals surface area contributed by atoms with Gasteiger partial charge in [-0.25, -0.2) is 4.98 Å². The molecule has 2 bridgehead atoms. The Labute approximate surface area is 201 Å². The van der Waals surface area contributed by atoms with Crippen LogP contribution in [0.5, 0.6) is 0 Å². The van der Waals surface area contributed by atoms with Gasteiger partial charge in [0, 0.05) is 23.8 Å². The van der Waals surface area contributed by atoms with Crippen LogP contribution in [0.4, 0.5) is 0 Å². The Bertz CT molecular complexity index is 832. The maximum absolute atomic E-state index is 12.7. The van der Waals surface area contributed by atoms with Crippen molar-refractivity contribution < 1.29 is 19.4 Å². The Morgan fingerprint density at radius 1 is 1.21 bits per heavy atom. The minimum atomic E-state index is -0.776. The van der Waals surface area contributed by atoms with Crippen molar-refractivity contribution in [2.24, 2.45) is 17.8 Å². The van der Waals surface area contributed by atoms with Crippen molar-refractivity contribution in [3.63, 3.8) is 0 Å². The highest BCUT2D eigenvalue weighted by molar-refractivity contribution is 7.10. The number of amides is 1. The first-order chi connectivity index (χ1) is 16.1. The molecule has 7 heteroatoms. The minimum Gasteiger partial charge on any atom is -0.481 e. The van der Waals surface area contributed by atoms with E-state index in [0.29, 0.717) is 18.7 Å². The molecule has 1 aromatic heterocycles. The zero-order chi connectivity index (χ0) is 23.2. The maximum Gasteiger partial charge on any atom is 0.307 e. The molecule has 1 aromatic rings. The Hall–Kier alpha value is -1.73. The van der Waals surface area contributed by atoms with Gasteiger partial charge in [-0.05, 0) is 38.5 Å². The molecule has 5 unspecified atom stereocenters. The van der Waals surface area contributed by atoms with Crippen LogP contribution in [0.15, 0.2) is 17.5 Å². The van der Waals surface area contributed by atoms with Crippen molar-refractivity contribution in [2.45, 2.75) is 95.7 Å². The number of aromatic nitrogens is 1. The highest BCUT2D eigenvalue weighted by atomic mass is 32.1. The molecule has 5 atom stereocenters. The van der Waals surface area contributed by atoms with Gasteiger partial charge in [-0.3, -0.25) is 9.59 Å². The van der Waals surface area contributed by atoms with Gasteiger partial charge in [0.05, 0.1) is 23.1 Å². The van der Waals surface area contributed by atoms with E-state index >= 15 is 0 Å². The second-order valence-corrected chi connectivity index (χ2v) is 10.9. The van der Waals surface area contributed by atoms with Crippen LogP contribution in [0, 0.1) is 17.8 Å². The molecule has 3 heterocycles. The highest BCUT2D eigenvalue weighted by Gasteiger charge is 2.54. The number of aliphatic carboxylic acids is 1. The van der Waals surface area contributed by atoms with Gasteiger partial charge in [0.1, 0.15) is 5.69 Å². The number of carboxylic acid groups (broad SMARTS) is 1. The van der Waals surface area contributed by atoms with Crippen molar-refractivity contribution in [1.82, 2.24) is 10.3 Å². The number of nitrogens with zero attached hydrogens (tertiary/aromatic N) is 1. The third kappa shape index (κ3) is 5.86. The van der Waals surface area contributed by atoms with Crippen molar-refractivity contribution in [3.05, 3.63) is 28.2 Å². The summed E-state index contributed by atoms with van der Waals surface area (Å²) in [6, 6.07) is 0. The first kappa shape index (κ1) is 24.4. The zero-order valence-electron chi connectivity index (χ0n) is 19.7. The molecule has 2 saturated heterocycles. The number of thiazole rings is 1. The first-order valence-corrected chi connectivity index (χ1v) is 13.7. The molecule has 2 N–H and O–H groups in total. The van der Waals surface area contributed by atoms with E-state index in [1.807, 2.05) is 24.5 Å². The number of carboxylic acids is 1. The smallest absolute Gasteiger partial charge is 0.307 e. The second kappa shape index (κ2) is 11.6. The Balaban J connectivity index is 1.32. The summed E-state index contributed by atoms with van der Waals surface area (Å²) in [5.41, 5.74) is 0.448. The van der Waals surface area contributed by atoms with Gasteiger partial charge in [-0.15, -0.1) is 11.3 Å². The summed E-state index contributed by atoms with van der Waals surface area (Å²) in [5, 5.41) is 15.6. The molecule has 2 aliphatic heterocycles. The number of allylic oxidation sites excluding steroid dienone is 2. The minimum absolute atomic E-state index is 0.00862. The molecule has 3 aliphatic rings. The maximum atomic E-state index is 12.7. The fourth-order valence-corrected chi connectivity index (χ4v) is 7.13. The Kier molecular flexibility index (Phi) is 8.58. The normalized spacial score (nSPS) is 28.4. The van der Waals surface area contributed by atoms with Crippen molar-refractivity contribution in [3.8, 4) is 0 Å². The average molecular weight is 475 g/mol. The van der Waals surface area contributed by atoms with E-state index in [9.17, 15) is 14.7 Å². The molecule has 1 amide bonds. The predicted octanol–water partition coefficient (Wildman–Crippen LogP) is 5.55. The number of rotatable bonds is 11. The van der Waals surface area contributed by atoms with E-state index in [0.717, 1.165) is 30.2 Å². The van der Waals surface area contributed by atoms with Crippen LogP contribution in [-0.2, 0) is 9.53 Å². The number of nitrogens with one attached hydrogen (secondary N) is 1. The Morgan fingerprint density at radius 3 is 2.76 bits per heavy atom. The standard InChI is InChI=1S/C26H38N2O4S/c1-2-3-12-18(26(30)31)22-20-13-14-21(32-20)23(22)25-28-19(16-33-25)24(29)27-15-8-7-11-17-9-5-4-6-10-17/h2-3,16-18,20-23H,4-15H2,1H3,(H,27,29)(H,30,31). The lowest BCUT2D eigenvalue weighted by Crippen LogP contribution is -2.35.